The van der Waals surface area contributed by atoms with Crippen molar-refractivity contribution < 1.29 is 0 Å². The molecule has 0 saturated heterocycles. The highest BCUT2D eigenvalue weighted by Gasteiger charge is 2.34. The molecule has 2 aliphatic carbocycles. The quantitative estimate of drug-likeness (QED) is 0.679. The number of aromatic nitrogens is 1. The summed E-state index contributed by atoms with van der Waals surface area (Å²) in [5.41, 5.74) is 4.59. The predicted octanol–water partition coefficient (Wildman–Crippen LogP) is 5.81. The first-order valence-electron chi connectivity index (χ1n) is 10.7. The van der Waals surface area contributed by atoms with E-state index in [-0.39, 0.29) is 6.17 Å². The molecule has 1 aliphatic heterocycles. The third kappa shape index (κ3) is 2.60. The van der Waals surface area contributed by atoms with Gasteiger partial charge in [-0.15, -0.1) is 0 Å². The molecule has 1 atom stereocenters. The molecule has 2 fully saturated rings. The molecule has 2 aromatic rings. The van der Waals surface area contributed by atoms with Gasteiger partial charge in [0.05, 0.1) is 16.8 Å². The zero-order valence-electron chi connectivity index (χ0n) is 16.8. The van der Waals surface area contributed by atoms with E-state index >= 15 is 0 Å². The summed E-state index contributed by atoms with van der Waals surface area (Å²) in [7, 11) is 0. The fourth-order valence-corrected chi connectivity index (χ4v) is 4.85. The van der Waals surface area contributed by atoms with Crippen LogP contribution in [0.4, 0.5) is 0 Å². The molecule has 1 aromatic heterocycles. The Hall–Kier alpha value is -2.54. The summed E-state index contributed by atoms with van der Waals surface area (Å²) in [6.45, 7) is 4.38. The van der Waals surface area contributed by atoms with Gasteiger partial charge in [0.1, 0.15) is 6.07 Å². The number of benzene rings is 1. The molecule has 4 heteroatoms. The number of hydrogen-bond acceptors (Lipinski definition) is 3. The summed E-state index contributed by atoms with van der Waals surface area (Å²) in [6.07, 6.45) is 13.5. The summed E-state index contributed by atoms with van der Waals surface area (Å²) in [5.74, 6) is 0.700. The standard InChI is InChI=1S/C24H28N4/c1-16(2)27-13-5-12-26-24(27)23-21(15-25)20-11-10-18(17-6-3-7-17)14-22(20)28(23)19-8-4-9-19/h5,10-14,16-17,19,24H,3-4,6-9H2,1-2H3. The zero-order valence-corrected chi connectivity index (χ0v) is 16.8. The van der Waals surface area contributed by atoms with Gasteiger partial charge in [0, 0.05) is 29.9 Å². The van der Waals surface area contributed by atoms with Crippen LogP contribution in [0.5, 0.6) is 0 Å². The number of fused-ring (bicyclic) bond motifs is 1. The molecular weight excluding hydrogens is 344 g/mol. The fraction of sp³-hybridized carbons (Fsp3) is 0.500. The molecule has 0 spiro atoms. The summed E-state index contributed by atoms with van der Waals surface area (Å²) in [6, 6.07) is 10.2. The lowest BCUT2D eigenvalue weighted by Gasteiger charge is -2.37. The second kappa shape index (κ2) is 6.81. The van der Waals surface area contributed by atoms with Crippen molar-refractivity contribution >= 4 is 17.1 Å². The molecule has 0 amide bonds. The van der Waals surface area contributed by atoms with Crippen molar-refractivity contribution in [2.24, 2.45) is 4.99 Å². The van der Waals surface area contributed by atoms with Crippen LogP contribution in [-0.2, 0) is 0 Å². The Labute approximate surface area is 167 Å². The third-order valence-corrected chi connectivity index (χ3v) is 6.89. The molecule has 3 aliphatic rings. The van der Waals surface area contributed by atoms with Gasteiger partial charge in [-0.1, -0.05) is 18.6 Å². The zero-order chi connectivity index (χ0) is 19.3. The molecule has 0 N–H and O–H groups in total. The number of aliphatic imine (C=N–C) groups is 1. The lowest BCUT2D eigenvalue weighted by molar-refractivity contribution is 0.214. The van der Waals surface area contributed by atoms with Crippen LogP contribution in [0.3, 0.4) is 0 Å². The average Bonchev–Trinajstić information content (AvgIpc) is 2.92. The molecule has 144 valence electrons. The van der Waals surface area contributed by atoms with Crippen molar-refractivity contribution in [2.45, 2.75) is 76.5 Å². The van der Waals surface area contributed by atoms with Crippen LogP contribution < -0.4 is 0 Å². The van der Waals surface area contributed by atoms with Crippen molar-refractivity contribution in [1.29, 1.82) is 5.26 Å². The van der Waals surface area contributed by atoms with E-state index in [4.69, 9.17) is 4.99 Å². The normalized spacial score (nSPS) is 22.5. The minimum atomic E-state index is -0.125. The second-order valence-corrected chi connectivity index (χ2v) is 8.79. The molecule has 28 heavy (non-hydrogen) atoms. The molecule has 4 nitrogen and oxygen atoms in total. The lowest BCUT2D eigenvalue weighted by Crippen LogP contribution is -2.33. The number of nitriles is 1. The van der Waals surface area contributed by atoms with Gasteiger partial charge in [0.25, 0.3) is 0 Å². The van der Waals surface area contributed by atoms with Crippen LogP contribution in [0.25, 0.3) is 10.9 Å². The second-order valence-electron chi connectivity index (χ2n) is 8.79. The topological polar surface area (TPSA) is 44.3 Å². The van der Waals surface area contributed by atoms with E-state index < -0.39 is 0 Å². The number of nitrogens with zero attached hydrogens (tertiary/aromatic N) is 4. The largest absolute Gasteiger partial charge is 0.349 e. The Bertz CT molecular complexity index is 996. The van der Waals surface area contributed by atoms with Crippen LogP contribution in [-0.4, -0.2) is 21.7 Å². The van der Waals surface area contributed by atoms with E-state index in [0.29, 0.717) is 18.0 Å². The van der Waals surface area contributed by atoms with Crippen molar-refractivity contribution in [1.82, 2.24) is 9.47 Å². The van der Waals surface area contributed by atoms with Gasteiger partial charge in [0.15, 0.2) is 6.17 Å². The highest BCUT2D eigenvalue weighted by atomic mass is 15.3. The smallest absolute Gasteiger partial charge is 0.163 e. The Morgan fingerprint density at radius 3 is 2.54 bits per heavy atom. The Balaban J connectivity index is 1.74. The first-order chi connectivity index (χ1) is 13.7. The molecule has 1 unspecified atom stereocenters. The van der Waals surface area contributed by atoms with Crippen LogP contribution in [0.1, 0.15) is 87.3 Å². The molecule has 0 radical (unpaired) electrons. The summed E-state index contributed by atoms with van der Waals surface area (Å²) >= 11 is 0. The maximum absolute atomic E-state index is 10.1. The monoisotopic (exact) mass is 372 g/mol. The van der Waals surface area contributed by atoms with E-state index in [1.54, 1.807) is 0 Å². The highest BCUT2D eigenvalue weighted by molar-refractivity contribution is 5.89. The summed E-state index contributed by atoms with van der Waals surface area (Å²) in [5, 5.41) is 11.2. The van der Waals surface area contributed by atoms with E-state index in [9.17, 15) is 5.26 Å². The molecular formula is C24H28N4. The van der Waals surface area contributed by atoms with Crippen LogP contribution >= 0.6 is 0 Å². The molecule has 2 saturated carbocycles. The average molecular weight is 373 g/mol. The van der Waals surface area contributed by atoms with Crippen molar-refractivity contribution in [2.75, 3.05) is 0 Å². The predicted molar refractivity (Wildman–Crippen MR) is 113 cm³/mol. The van der Waals surface area contributed by atoms with Crippen LogP contribution in [0.2, 0.25) is 0 Å². The van der Waals surface area contributed by atoms with E-state index in [2.05, 4.69) is 53.8 Å². The molecule has 2 heterocycles. The maximum atomic E-state index is 10.1. The SMILES string of the molecule is CC(C)N1C=CC=NC1c1c(C#N)c2ccc(C3CCC3)cc2n1C1CCC1. The van der Waals surface area contributed by atoms with Crippen molar-refractivity contribution in [3.63, 3.8) is 0 Å². The fourth-order valence-electron chi connectivity index (χ4n) is 4.85. The first-order valence-corrected chi connectivity index (χ1v) is 10.7. The first kappa shape index (κ1) is 17.6. The van der Waals surface area contributed by atoms with E-state index in [0.717, 1.165) is 16.6 Å². The van der Waals surface area contributed by atoms with Gasteiger partial charge in [-0.05, 0) is 69.6 Å². The highest BCUT2D eigenvalue weighted by Crippen LogP contribution is 2.44. The molecule has 5 rings (SSSR count). The van der Waals surface area contributed by atoms with Gasteiger partial charge < -0.3 is 9.47 Å². The Kier molecular flexibility index (Phi) is 4.27. The van der Waals surface area contributed by atoms with Gasteiger partial charge in [-0.3, -0.25) is 4.99 Å². The van der Waals surface area contributed by atoms with Gasteiger partial charge in [-0.2, -0.15) is 5.26 Å². The number of hydrogen-bond donors (Lipinski definition) is 0. The Morgan fingerprint density at radius 2 is 1.93 bits per heavy atom. The summed E-state index contributed by atoms with van der Waals surface area (Å²) < 4.78 is 2.48. The minimum Gasteiger partial charge on any atom is -0.349 e. The van der Waals surface area contributed by atoms with E-state index in [1.165, 1.54) is 49.6 Å². The molecule has 0 bridgehead atoms. The lowest BCUT2D eigenvalue weighted by atomic mass is 9.80. The van der Waals surface area contributed by atoms with Crippen molar-refractivity contribution in [3.8, 4) is 6.07 Å². The van der Waals surface area contributed by atoms with Gasteiger partial charge in [-0.25, -0.2) is 0 Å². The van der Waals surface area contributed by atoms with Crippen LogP contribution in [0, 0.1) is 11.3 Å². The number of allylic oxidation sites excluding steroid dienone is 1. The number of rotatable bonds is 4. The maximum Gasteiger partial charge on any atom is 0.163 e. The van der Waals surface area contributed by atoms with Crippen LogP contribution in [0.15, 0.2) is 35.5 Å². The Morgan fingerprint density at radius 1 is 1.14 bits per heavy atom. The van der Waals surface area contributed by atoms with Crippen molar-refractivity contribution in [3.05, 3.63) is 47.3 Å². The third-order valence-electron chi connectivity index (χ3n) is 6.89. The van der Waals surface area contributed by atoms with Gasteiger partial charge >= 0.3 is 0 Å². The summed E-state index contributed by atoms with van der Waals surface area (Å²) in [4.78, 5) is 7.11. The minimum absolute atomic E-state index is 0.125. The van der Waals surface area contributed by atoms with Gasteiger partial charge in [0.2, 0.25) is 0 Å². The van der Waals surface area contributed by atoms with E-state index in [1.807, 2.05) is 12.3 Å². The molecule has 1 aromatic carbocycles.